The van der Waals surface area contributed by atoms with Crippen LogP contribution in [0.25, 0.3) is 0 Å². The second kappa shape index (κ2) is 14.8. The van der Waals surface area contributed by atoms with Crippen LogP contribution in [0.15, 0.2) is 73.3 Å². The van der Waals surface area contributed by atoms with Crippen LogP contribution in [0.2, 0.25) is 18.1 Å². The molecule has 0 aliphatic carbocycles. The summed E-state index contributed by atoms with van der Waals surface area (Å²) in [6.07, 6.45) is -5.58. The molecule has 1 heterocycles. The average Bonchev–Trinajstić information content (AvgIpc) is 2.93. The van der Waals surface area contributed by atoms with Gasteiger partial charge in [-0.2, -0.15) is 21.6 Å². The van der Waals surface area contributed by atoms with E-state index in [0.29, 0.717) is 11.1 Å². The molecule has 0 N–H and O–H groups in total. The van der Waals surface area contributed by atoms with Crippen molar-refractivity contribution >= 4 is 18.4 Å². The van der Waals surface area contributed by atoms with E-state index in [-0.39, 0.29) is 31.5 Å². The van der Waals surface area contributed by atoms with Crippen molar-refractivity contribution in [2.45, 2.75) is 88.3 Å². The molecule has 0 aromatic heterocycles. The van der Waals surface area contributed by atoms with Crippen LogP contribution in [-0.2, 0) is 50.9 Å². The molecular formula is C30H41F3O8SSi. The molecule has 240 valence electrons. The van der Waals surface area contributed by atoms with Gasteiger partial charge in [0.2, 0.25) is 0 Å². The first-order chi connectivity index (χ1) is 20.1. The van der Waals surface area contributed by atoms with Crippen molar-refractivity contribution in [3.8, 4) is 0 Å². The minimum atomic E-state index is -6.09. The van der Waals surface area contributed by atoms with Crippen molar-refractivity contribution in [2.24, 2.45) is 0 Å². The fraction of sp³-hybridized carbons (Fsp3) is 0.533. The monoisotopic (exact) mass is 646 g/mol. The molecule has 2 aromatic rings. The minimum absolute atomic E-state index is 0.0556. The Bertz CT molecular complexity index is 1250. The summed E-state index contributed by atoms with van der Waals surface area (Å²) in [5.74, 6) is 0. The molecule has 2 aromatic carbocycles. The second-order valence-corrected chi connectivity index (χ2v) is 18.1. The molecule has 1 aliphatic rings. The Kier molecular flexibility index (Phi) is 12.2. The summed E-state index contributed by atoms with van der Waals surface area (Å²) in [6.45, 7) is 13.4. The van der Waals surface area contributed by atoms with Crippen molar-refractivity contribution in [2.75, 3.05) is 13.2 Å². The molecule has 0 bridgehead atoms. The Morgan fingerprint density at radius 1 is 0.860 bits per heavy atom. The van der Waals surface area contributed by atoms with Gasteiger partial charge in [0, 0.05) is 0 Å². The zero-order valence-electron chi connectivity index (χ0n) is 25.1. The highest BCUT2D eigenvalue weighted by atomic mass is 32.2. The van der Waals surface area contributed by atoms with Gasteiger partial charge >= 0.3 is 15.6 Å². The molecular weight excluding hydrogens is 605 g/mol. The van der Waals surface area contributed by atoms with Crippen LogP contribution in [0.5, 0.6) is 0 Å². The molecule has 0 saturated carbocycles. The third-order valence-corrected chi connectivity index (χ3v) is 13.0. The third kappa shape index (κ3) is 9.69. The van der Waals surface area contributed by atoms with Crippen molar-refractivity contribution in [1.29, 1.82) is 0 Å². The largest absolute Gasteiger partial charge is 0.523 e. The molecule has 0 radical (unpaired) electrons. The van der Waals surface area contributed by atoms with Gasteiger partial charge in [-0.3, -0.25) is 4.18 Å². The zero-order chi connectivity index (χ0) is 31.9. The maximum Gasteiger partial charge on any atom is 0.523 e. The van der Waals surface area contributed by atoms with Crippen LogP contribution in [0.1, 0.15) is 31.9 Å². The summed E-state index contributed by atoms with van der Waals surface area (Å²) in [4.78, 5) is 0. The van der Waals surface area contributed by atoms with Crippen LogP contribution in [0.3, 0.4) is 0 Å². The van der Waals surface area contributed by atoms with E-state index in [1.165, 1.54) is 6.08 Å². The van der Waals surface area contributed by atoms with E-state index in [2.05, 4.69) is 6.58 Å². The molecule has 0 amide bonds. The lowest BCUT2D eigenvalue weighted by atomic mass is 9.98. The van der Waals surface area contributed by atoms with E-state index in [4.69, 9.17) is 27.6 Å². The topological polar surface area (TPSA) is 89.5 Å². The molecule has 43 heavy (non-hydrogen) atoms. The van der Waals surface area contributed by atoms with E-state index >= 15 is 0 Å². The predicted octanol–water partition coefficient (Wildman–Crippen LogP) is 6.34. The Labute approximate surface area is 253 Å². The van der Waals surface area contributed by atoms with Gasteiger partial charge in [-0.15, -0.1) is 6.58 Å². The van der Waals surface area contributed by atoms with E-state index < -0.39 is 54.6 Å². The van der Waals surface area contributed by atoms with Crippen LogP contribution in [0, 0.1) is 0 Å². The van der Waals surface area contributed by atoms with Crippen molar-refractivity contribution in [1.82, 2.24) is 0 Å². The number of hydrogen-bond acceptors (Lipinski definition) is 8. The average molecular weight is 647 g/mol. The van der Waals surface area contributed by atoms with Crippen molar-refractivity contribution in [3.63, 3.8) is 0 Å². The van der Waals surface area contributed by atoms with Crippen molar-refractivity contribution < 1.29 is 49.1 Å². The minimum Gasteiger partial charge on any atom is -0.414 e. The smallest absolute Gasteiger partial charge is 0.414 e. The van der Waals surface area contributed by atoms with E-state index in [1.807, 2.05) is 33.9 Å². The number of halogens is 3. The summed E-state index contributed by atoms with van der Waals surface area (Å²) >= 11 is 0. The Hall–Kier alpha value is -2.10. The zero-order valence-corrected chi connectivity index (χ0v) is 26.9. The quantitative estimate of drug-likeness (QED) is 0.102. The third-order valence-electron chi connectivity index (χ3n) is 7.48. The lowest BCUT2D eigenvalue weighted by Gasteiger charge is -2.46. The van der Waals surface area contributed by atoms with Gasteiger partial charge in [0.25, 0.3) is 0 Å². The molecule has 3 rings (SSSR count). The first-order valence-electron chi connectivity index (χ1n) is 13.9. The molecule has 1 aliphatic heterocycles. The van der Waals surface area contributed by atoms with Gasteiger partial charge in [-0.1, -0.05) is 87.5 Å². The Morgan fingerprint density at radius 2 is 1.37 bits per heavy atom. The molecule has 0 spiro atoms. The van der Waals surface area contributed by atoms with Crippen LogP contribution in [0.4, 0.5) is 13.2 Å². The van der Waals surface area contributed by atoms with E-state index in [9.17, 15) is 21.6 Å². The summed E-state index contributed by atoms with van der Waals surface area (Å²) in [6, 6.07) is 17.7. The van der Waals surface area contributed by atoms with Gasteiger partial charge in [0.15, 0.2) is 14.6 Å². The highest BCUT2D eigenvalue weighted by Gasteiger charge is 2.56. The van der Waals surface area contributed by atoms with Gasteiger partial charge in [-0.25, -0.2) is 0 Å². The van der Waals surface area contributed by atoms with E-state index in [0.717, 1.165) is 0 Å². The van der Waals surface area contributed by atoms with Gasteiger partial charge < -0.3 is 23.4 Å². The lowest BCUT2D eigenvalue weighted by molar-refractivity contribution is -0.312. The number of alkyl halides is 3. The van der Waals surface area contributed by atoms with Crippen molar-refractivity contribution in [3.05, 3.63) is 84.4 Å². The molecule has 8 nitrogen and oxygen atoms in total. The van der Waals surface area contributed by atoms with Gasteiger partial charge in [0.1, 0.15) is 24.4 Å². The van der Waals surface area contributed by atoms with Crippen LogP contribution < -0.4 is 0 Å². The number of ether oxygens (including phenoxy) is 4. The Morgan fingerprint density at radius 3 is 1.84 bits per heavy atom. The lowest BCUT2D eigenvalue weighted by Crippen LogP contribution is -2.63. The fourth-order valence-electron chi connectivity index (χ4n) is 4.04. The first kappa shape index (κ1) is 35.4. The van der Waals surface area contributed by atoms with Crippen LogP contribution in [-0.4, -0.2) is 66.2 Å². The fourth-order valence-corrected chi connectivity index (χ4v) is 5.67. The van der Waals surface area contributed by atoms with Gasteiger partial charge in [0.05, 0.1) is 26.4 Å². The highest BCUT2D eigenvalue weighted by molar-refractivity contribution is 7.87. The highest BCUT2D eigenvalue weighted by Crippen LogP contribution is 2.39. The molecule has 0 unspecified atom stereocenters. The maximum absolute atomic E-state index is 13.7. The molecule has 1 fully saturated rings. The summed E-state index contributed by atoms with van der Waals surface area (Å²) < 4.78 is 101. The normalized spacial score (nSPS) is 23.7. The molecule has 5 atom stereocenters. The standard InChI is InChI=1S/C30H41F3O8SSi/c1-7-18-36-28-27(38-20-23-16-12-9-13-17-23)26(41-42(34,35)30(31,32)33)25(37-19-22-14-10-8-11-15-22)24(40-28)21-39-43(5,6)29(2,3)4/h7-17,24-28H,1,18-21H2,2-6H3/t24-,25-,26+,27+,28+/m1/s1. The van der Waals surface area contributed by atoms with Crippen LogP contribution >= 0.6 is 0 Å². The maximum atomic E-state index is 13.7. The SMILES string of the molecule is C=CCO[C@H]1O[C@H](CO[Si](C)(C)C(C)(C)C)[C@@H](OCc2ccccc2)[C@H](OS(=O)(=O)C(F)(F)F)[C@@H]1OCc1ccccc1. The number of hydrogen-bond donors (Lipinski definition) is 0. The first-order valence-corrected chi connectivity index (χ1v) is 18.2. The molecule has 1 saturated heterocycles. The summed E-state index contributed by atoms with van der Waals surface area (Å²) in [7, 11) is -8.48. The van der Waals surface area contributed by atoms with E-state index in [1.54, 1.807) is 60.7 Å². The number of benzene rings is 2. The van der Waals surface area contributed by atoms with Gasteiger partial charge in [-0.05, 0) is 29.3 Å². The number of rotatable bonds is 14. The summed E-state index contributed by atoms with van der Waals surface area (Å²) in [5.41, 5.74) is -4.30. The predicted molar refractivity (Wildman–Crippen MR) is 158 cm³/mol. The Balaban J connectivity index is 2.05. The molecule has 13 heteroatoms. The second-order valence-electron chi connectivity index (χ2n) is 11.7. The summed E-state index contributed by atoms with van der Waals surface area (Å²) in [5, 5.41) is -0.197.